The molecule has 0 radical (unpaired) electrons. The minimum atomic E-state index is -0.179. The van der Waals surface area contributed by atoms with Crippen LogP contribution in [-0.4, -0.2) is 11.8 Å². The molecule has 2 aromatic carbocycles. The van der Waals surface area contributed by atoms with Crippen LogP contribution in [0.3, 0.4) is 0 Å². The van der Waals surface area contributed by atoms with Gasteiger partial charge in [-0.05, 0) is 36.1 Å². The Morgan fingerprint density at radius 1 is 0.704 bits per heavy atom. The zero-order valence-corrected chi connectivity index (χ0v) is 16.5. The molecule has 3 heteroatoms. The Morgan fingerprint density at radius 2 is 1.22 bits per heavy atom. The second-order valence-electron chi connectivity index (χ2n) is 6.91. The van der Waals surface area contributed by atoms with Crippen molar-refractivity contribution in [3.05, 3.63) is 54.1 Å². The van der Waals surface area contributed by atoms with E-state index in [0.29, 0.717) is 18.6 Å². The first kappa shape index (κ1) is 20.9. The third-order valence-electron chi connectivity index (χ3n) is 4.62. The van der Waals surface area contributed by atoms with Gasteiger partial charge in [0.1, 0.15) is 5.75 Å². The molecule has 27 heavy (non-hydrogen) atoms. The first-order chi connectivity index (χ1) is 13.1. The van der Waals surface area contributed by atoms with Crippen LogP contribution in [0.1, 0.15) is 75.6 Å². The predicted octanol–water partition coefficient (Wildman–Crippen LogP) is 6.60. The van der Waals surface area contributed by atoms with E-state index in [1.165, 1.54) is 0 Å². The summed E-state index contributed by atoms with van der Waals surface area (Å²) in [6.45, 7) is 4.25. The molecule has 0 aliphatic carbocycles. The molecule has 2 aromatic rings. The van der Waals surface area contributed by atoms with Gasteiger partial charge in [0, 0.05) is 18.4 Å². The maximum Gasteiger partial charge on any atom is 0.311 e. The van der Waals surface area contributed by atoms with Crippen molar-refractivity contribution in [3.8, 4) is 16.9 Å². The lowest BCUT2D eigenvalue weighted by Crippen LogP contribution is -2.07. The monoisotopic (exact) mass is 366 g/mol. The Balaban J connectivity index is 1.92. The van der Waals surface area contributed by atoms with Crippen molar-refractivity contribution in [1.82, 2.24) is 0 Å². The molecule has 0 saturated carbocycles. The van der Waals surface area contributed by atoms with Gasteiger partial charge >= 0.3 is 5.97 Å². The summed E-state index contributed by atoms with van der Waals surface area (Å²) in [5.74, 6) is 0.602. The first-order valence-electron chi connectivity index (χ1n) is 10.1. The summed E-state index contributed by atoms with van der Waals surface area (Å²) in [5, 5.41) is 0. The lowest BCUT2D eigenvalue weighted by atomic mass is 10.0. The predicted molar refractivity (Wildman–Crippen MR) is 110 cm³/mol. The van der Waals surface area contributed by atoms with Crippen molar-refractivity contribution >= 4 is 11.8 Å². The fraction of sp³-hybridized carbons (Fsp3) is 0.417. The summed E-state index contributed by atoms with van der Waals surface area (Å²) < 4.78 is 5.37. The third-order valence-corrected chi connectivity index (χ3v) is 4.62. The van der Waals surface area contributed by atoms with E-state index < -0.39 is 0 Å². The van der Waals surface area contributed by atoms with Crippen molar-refractivity contribution in [2.45, 2.75) is 65.2 Å². The Morgan fingerprint density at radius 3 is 1.78 bits per heavy atom. The zero-order chi connectivity index (χ0) is 19.5. The van der Waals surface area contributed by atoms with Crippen molar-refractivity contribution in [2.75, 3.05) is 0 Å². The fourth-order valence-electron chi connectivity index (χ4n) is 2.95. The van der Waals surface area contributed by atoms with E-state index in [4.69, 9.17) is 4.74 Å². The molecule has 0 saturated heterocycles. The maximum atomic E-state index is 12.2. The molecular formula is C24H30O3. The largest absolute Gasteiger partial charge is 0.427 e. The van der Waals surface area contributed by atoms with E-state index in [9.17, 15) is 9.59 Å². The summed E-state index contributed by atoms with van der Waals surface area (Å²) in [7, 11) is 0. The number of ether oxygens (including phenoxy) is 1. The van der Waals surface area contributed by atoms with Crippen molar-refractivity contribution in [2.24, 2.45) is 0 Å². The lowest BCUT2D eigenvalue weighted by Gasteiger charge is -2.07. The highest BCUT2D eigenvalue weighted by molar-refractivity contribution is 5.96. The number of benzene rings is 2. The van der Waals surface area contributed by atoms with Crippen molar-refractivity contribution < 1.29 is 14.3 Å². The Kier molecular flexibility index (Phi) is 8.76. The summed E-state index contributed by atoms with van der Waals surface area (Å²) in [6.07, 6.45) is 7.26. The van der Waals surface area contributed by atoms with Gasteiger partial charge in [0.25, 0.3) is 0 Å². The van der Waals surface area contributed by atoms with Gasteiger partial charge in [-0.3, -0.25) is 9.59 Å². The van der Waals surface area contributed by atoms with Gasteiger partial charge in [-0.25, -0.2) is 0 Å². The number of carbonyl (C=O) groups excluding carboxylic acids is 2. The summed E-state index contributed by atoms with van der Waals surface area (Å²) in [4.78, 5) is 23.9. The summed E-state index contributed by atoms with van der Waals surface area (Å²) >= 11 is 0. The standard InChI is InChI=1S/C24H30O3/c1-3-5-7-9-23(25)21-13-11-19(12-14-21)20-15-17-22(18-16-20)27-24(26)10-8-6-4-2/h11-18H,3-10H2,1-2H3. The highest BCUT2D eigenvalue weighted by Crippen LogP contribution is 2.23. The van der Waals surface area contributed by atoms with E-state index in [-0.39, 0.29) is 11.8 Å². The number of ketones is 1. The van der Waals surface area contributed by atoms with Crippen LogP contribution in [0.4, 0.5) is 0 Å². The van der Waals surface area contributed by atoms with Gasteiger partial charge in [0.2, 0.25) is 0 Å². The second-order valence-corrected chi connectivity index (χ2v) is 6.91. The van der Waals surface area contributed by atoms with Crippen LogP contribution in [0.25, 0.3) is 11.1 Å². The molecule has 0 amide bonds. The molecule has 0 atom stereocenters. The number of hydrogen-bond acceptors (Lipinski definition) is 3. The molecule has 2 rings (SSSR count). The summed E-state index contributed by atoms with van der Waals surface area (Å²) in [5.41, 5.74) is 2.85. The number of unbranched alkanes of at least 4 members (excludes halogenated alkanes) is 4. The average molecular weight is 367 g/mol. The van der Waals surface area contributed by atoms with E-state index in [1.807, 2.05) is 48.5 Å². The molecule has 3 nitrogen and oxygen atoms in total. The van der Waals surface area contributed by atoms with Gasteiger partial charge < -0.3 is 4.74 Å². The molecule has 0 heterocycles. The summed E-state index contributed by atoms with van der Waals surface area (Å²) in [6, 6.07) is 15.2. The fourth-order valence-corrected chi connectivity index (χ4v) is 2.95. The Bertz CT molecular complexity index is 714. The van der Waals surface area contributed by atoms with Crippen LogP contribution in [0.5, 0.6) is 5.75 Å². The molecule has 0 fully saturated rings. The quantitative estimate of drug-likeness (QED) is 0.195. The first-order valence-corrected chi connectivity index (χ1v) is 10.1. The molecule has 0 aliphatic heterocycles. The minimum absolute atomic E-state index is 0.179. The molecule has 0 N–H and O–H groups in total. The number of hydrogen-bond donors (Lipinski definition) is 0. The van der Waals surface area contributed by atoms with Crippen LogP contribution in [0.2, 0.25) is 0 Å². The van der Waals surface area contributed by atoms with Crippen LogP contribution in [-0.2, 0) is 4.79 Å². The van der Waals surface area contributed by atoms with Gasteiger partial charge in [-0.15, -0.1) is 0 Å². The highest BCUT2D eigenvalue weighted by Gasteiger charge is 2.07. The molecule has 144 valence electrons. The van der Waals surface area contributed by atoms with E-state index >= 15 is 0 Å². The van der Waals surface area contributed by atoms with Gasteiger partial charge in [-0.2, -0.15) is 0 Å². The molecule has 0 unspecified atom stereocenters. The van der Waals surface area contributed by atoms with E-state index in [0.717, 1.165) is 55.2 Å². The third kappa shape index (κ3) is 7.01. The average Bonchev–Trinajstić information content (AvgIpc) is 2.69. The molecule has 0 aliphatic rings. The topological polar surface area (TPSA) is 43.4 Å². The number of Topliss-reactive ketones (excluding diaryl/α,β-unsaturated/α-hetero) is 1. The Hall–Kier alpha value is -2.42. The molecular weight excluding hydrogens is 336 g/mol. The maximum absolute atomic E-state index is 12.2. The van der Waals surface area contributed by atoms with Crippen LogP contribution in [0, 0.1) is 0 Å². The smallest absolute Gasteiger partial charge is 0.311 e. The van der Waals surface area contributed by atoms with Crippen molar-refractivity contribution in [1.29, 1.82) is 0 Å². The minimum Gasteiger partial charge on any atom is -0.427 e. The van der Waals surface area contributed by atoms with E-state index in [1.54, 1.807) is 0 Å². The highest BCUT2D eigenvalue weighted by atomic mass is 16.5. The van der Waals surface area contributed by atoms with Crippen LogP contribution in [0.15, 0.2) is 48.5 Å². The Labute approximate surface area is 162 Å². The van der Waals surface area contributed by atoms with Crippen molar-refractivity contribution in [3.63, 3.8) is 0 Å². The van der Waals surface area contributed by atoms with Gasteiger partial charge in [-0.1, -0.05) is 75.9 Å². The zero-order valence-electron chi connectivity index (χ0n) is 16.5. The molecule has 0 spiro atoms. The SMILES string of the molecule is CCCCCC(=O)Oc1ccc(-c2ccc(C(=O)CCCCC)cc2)cc1. The van der Waals surface area contributed by atoms with Gasteiger partial charge in [0.15, 0.2) is 5.78 Å². The molecule has 0 bridgehead atoms. The van der Waals surface area contributed by atoms with Crippen LogP contribution < -0.4 is 4.74 Å². The lowest BCUT2D eigenvalue weighted by molar-refractivity contribution is -0.134. The normalized spacial score (nSPS) is 10.6. The van der Waals surface area contributed by atoms with Gasteiger partial charge in [0.05, 0.1) is 0 Å². The number of carbonyl (C=O) groups is 2. The number of rotatable bonds is 11. The second kappa shape index (κ2) is 11.3. The number of esters is 1. The molecule has 0 aromatic heterocycles. The van der Waals surface area contributed by atoms with Crippen LogP contribution >= 0.6 is 0 Å². The van der Waals surface area contributed by atoms with E-state index in [2.05, 4.69) is 13.8 Å².